The van der Waals surface area contributed by atoms with Gasteiger partial charge in [-0.2, -0.15) is 0 Å². The van der Waals surface area contributed by atoms with E-state index in [4.69, 9.17) is 11.6 Å². The highest BCUT2D eigenvalue weighted by Gasteiger charge is 2.28. The van der Waals surface area contributed by atoms with Crippen molar-refractivity contribution in [3.05, 3.63) is 46.4 Å². The minimum absolute atomic E-state index is 0.0454. The SMILES string of the molecule is O=C(Nc1nccs1)C1CCCN(C(=O)Cc2ccc(Cl)cc2)C1. The first kappa shape index (κ1) is 16.9. The number of benzene rings is 1. The number of nitrogens with zero attached hydrogens (tertiary/aromatic N) is 2. The Morgan fingerprint density at radius 3 is 2.83 bits per heavy atom. The predicted molar refractivity (Wildman–Crippen MR) is 95.2 cm³/mol. The molecule has 0 bridgehead atoms. The molecule has 0 aliphatic carbocycles. The number of likely N-dealkylation sites (tertiary alicyclic amines) is 1. The summed E-state index contributed by atoms with van der Waals surface area (Å²) in [6.07, 6.45) is 3.62. The molecule has 1 N–H and O–H groups in total. The summed E-state index contributed by atoms with van der Waals surface area (Å²) in [5, 5.41) is 5.90. The molecule has 1 aliphatic heterocycles. The number of piperidine rings is 1. The van der Waals surface area contributed by atoms with Crippen LogP contribution in [0.3, 0.4) is 0 Å². The zero-order chi connectivity index (χ0) is 16.9. The zero-order valence-corrected chi connectivity index (χ0v) is 14.6. The van der Waals surface area contributed by atoms with Gasteiger partial charge in [0.2, 0.25) is 11.8 Å². The average molecular weight is 364 g/mol. The summed E-state index contributed by atoms with van der Waals surface area (Å²) >= 11 is 7.26. The topological polar surface area (TPSA) is 62.3 Å². The summed E-state index contributed by atoms with van der Waals surface area (Å²) < 4.78 is 0. The Labute approximate surface area is 149 Å². The molecule has 1 aliphatic rings. The van der Waals surface area contributed by atoms with E-state index >= 15 is 0 Å². The molecule has 2 amide bonds. The van der Waals surface area contributed by atoms with Crippen LogP contribution in [0.25, 0.3) is 0 Å². The van der Waals surface area contributed by atoms with E-state index in [9.17, 15) is 9.59 Å². The van der Waals surface area contributed by atoms with Crippen LogP contribution in [0.4, 0.5) is 5.13 Å². The smallest absolute Gasteiger partial charge is 0.231 e. The Bertz CT molecular complexity index is 703. The predicted octanol–water partition coefficient (Wildman–Crippen LogP) is 3.22. The Kier molecular flexibility index (Phi) is 5.48. The van der Waals surface area contributed by atoms with Crippen LogP contribution in [0.1, 0.15) is 18.4 Å². The molecule has 1 unspecified atom stereocenters. The molecule has 0 saturated carbocycles. The van der Waals surface area contributed by atoms with E-state index in [1.807, 2.05) is 17.5 Å². The molecule has 2 heterocycles. The number of hydrogen-bond acceptors (Lipinski definition) is 4. The lowest BCUT2D eigenvalue weighted by Crippen LogP contribution is -2.44. The maximum atomic E-state index is 12.5. The van der Waals surface area contributed by atoms with Crippen molar-refractivity contribution in [3.8, 4) is 0 Å². The van der Waals surface area contributed by atoms with Gasteiger partial charge in [0.05, 0.1) is 12.3 Å². The molecular weight excluding hydrogens is 346 g/mol. The van der Waals surface area contributed by atoms with Crippen molar-refractivity contribution in [2.24, 2.45) is 5.92 Å². The second-order valence-corrected chi connectivity index (χ2v) is 7.14. The Hall–Kier alpha value is -1.92. The number of amides is 2. The largest absolute Gasteiger partial charge is 0.342 e. The summed E-state index contributed by atoms with van der Waals surface area (Å²) in [4.78, 5) is 30.7. The van der Waals surface area contributed by atoms with Crippen molar-refractivity contribution in [3.63, 3.8) is 0 Å². The van der Waals surface area contributed by atoms with Crippen molar-refractivity contribution < 1.29 is 9.59 Å². The molecule has 5 nitrogen and oxygen atoms in total. The van der Waals surface area contributed by atoms with Crippen molar-refractivity contribution >= 4 is 39.9 Å². The van der Waals surface area contributed by atoms with Crippen molar-refractivity contribution in [2.75, 3.05) is 18.4 Å². The van der Waals surface area contributed by atoms with Gasteiger partial charge < -0.3 is 10.2 Å². The first-order valence-corrected chi connectivity index (χ1v) is 9.10. The van der Waals surface area contributed by atoms with E-state index in [0.717, 1.165) is 18.4 Å². The molecule has 1 aromatic heterocycles. The fourth-order valence-corrected chi connectivity index (χ4v) is 3.46. The van der Waals surface area contributed by atoms with E-state index < -0.39 is 0 Å². The molecule has 24 heavy (non-hydrogen) atoms. The molecule has 1 fully saturated rings. The van der Waals surface area contributed by atoms with Gasteiger partial charge in [0.1, 0.15) is 0 Å². The van der Waals surface area contributed by atoms with Crippen LogP contribution < -0.4 is 5.32 Å². The van der Waals surface area contributed by atoms with E-state index in [1.165, 1.54) is 11.3 Å². The van der Waals surface area contributed by atoms with E-state index in [-0.39, 0.29) is 17.7 Å². The lowest BCUT2D eigenvalue weighted by molar-refractivity contribution is -0.133. The van der Waals surface area contributed by atoms with Gasteiger partial charge in [0.25, 0.3) is 0 Å². The number of rotatable bonds is 4. The molecule has 1 saturated heterocycles. The molecule has 0 radical (unpaired) electrons. The maximum absolute atomic E-state index is 12.5. The number of halogens is 1. The minimum Gasteiger partial charge on any atom is -0.342 e. The van der Waals surface area contributed by atoms with Crippen LogP contribution in [-0.2, 0) is 16.0 Å². The molecule has 2 aromatic rings. The third kappa shape index (κ3) is 4.33. The van der Waals surface area contributed by atoms with Crippen LogP contribution >= 0.6 is 22.9 Å². The highest BCUT2D eigenvalue weighted by molar-refractivity contribution is 7.13. The number of carbonyl (C=O) groups is 2. The molecule has 0 spiro atoms. The first-order chi connectivity index (χ1) is 11.6. The number of anilines is 1. The highest BCUT2D eigenvalue weighted by Crippen LogP contribution is 2.21. The third-order valence-electron chi connectivity index (χ3n) is 4.08. The summed E-state index contributed by atoms with van der Waals surface area (Å²) in [6.45, 7) is 1.16. The van der Waals surface area contributed by atoms with Crippen LogP contribution in [0.15, 0.2) is 35.8 Å². The molecule has 126 valence electrons. The quantitative estimate of drug-likeness (QED) is 0.907. The molecular formula is C17H18ClN3O2S. The number of aromatic nitrogens is 1. The maximum Gasteiger partial charge on any atom is 0.231 e. The van der Waals surface area contributed by atoms with E-state index in [0.29, 0.717) is 29.7 Å². The van der Waals surface area contributed by atoms with Gasteiger partial charge in [-0.05, 0) is 30.5 Å². The Morgan fingerprint density at radius 2 is 2.12 bits per heavy atom. The minimum atomic E-state index is -0.184. The number of carbonyl (C=O) groups excluding carboxylic acids is 2. The molecule has 1 aromatic carbocycles. The monoisotopic (exact) mass is 363 g/mol. The summed E-state index contributed by atoms with van der Waals surface area (Å²) in [7, 11) is 0. The van der Waals surface area contributed by atoms with Gasteiger partial charge in [0, 0.05) is 29.7 Å². The van der Waals surface area contributed by atoms with Crippen LogP contribution in [0.5, 0.6) is 0 Å². The summed E-state index contributed by atoms with van der Waals surface area (Å²) in [5.41, 5.74) is 0.929. The summed E-state index contributed by atoms with van der Waals surface area (Å²) in [6, 6.07) is 7.28. The van der Waals surface area contributed by atoms with Gasteiger partial charge in [-0.15, -0.1) is 11.3 Å². The van der Waals surface area contributed by atoms with E-state index in [2.05, 4.69) is 10.3 Å². The van der Waals surface area contributed by atoms with Gasteiger partial charge in [-0.3, -0.25) is 9.59 Å². The number of nitrogens with one attached hydrogen (secondary N) is 1. The van der Waals surface area contributed by atoms with Gasteiger partial charge in [-0.25, -0.2) is 4.98 Å². The Balaban J connectivity index is 1.57. The number of thiazole rings is 1. The molecule has 1 atom stereocenters. The van der Waals surface area contributed by atoms with E-state index in [1.54, 1.807) is 23.2 Å². The zero-order valence-electron chi connectivity index (χ0n) is 13.1. The summed E-state index contributed by atoms with van der Waals surface area (Å²) in [5.74, 6) is -0.199. The van der Waals surface area contributed by atoms with Gasteiger partial charge in [0.15, 0.2) is 5.13 Å². The normalized spacial score (nSPS) is 17.5. The molecule has 7 heteroatoms. The van der Waals surface area contributed by atoms with Crippen molar-refractivity contribution in [2.45, 2.75) is 19.3 Å². The lowest BCUT2D eigenvalue weighted by Gasteiger charge is -2.32. The number of hydrogen-bond donors (Lipinski definition) is 1. The van der Waals surface area contributed by atoms with Gasteiger partial charge >= 0.3 is 0 Å². The highest BCUT2D eigenvalue weighted by atomic mass is 35.5. The lowest BCUT2D eigenvalue weighted by atomic mass is 9.96. The molecule has 3 rings (SSSR count). The fourth-order valence-electron chi connectivity index (χ4n) is 2.80. The fraction of sp³-hybridized carbons (Fsp3) is 0.353. The van der Waals surface area contributed by atoms with Crippen LogP contribution in [-0.4, -0.2) is 34.8 Å². The van der Waals surface area contributed by atoms with Crippen LogP contribution in [0, 0.1) is 5.92 Å². The van der Waals surface area contributed by atoms with Crippen molar-refractivity contribution in [1.82, 2.24) is 9.88 Å². The third-order valence-corrected chi connectivity index (χ3v) is 5.02. The Morgan fingerprint density at radius 1 is 1.33 bits per heavy atom. The van der Waals surface area contributed by atoms with Crippen LogP contribution in [0.2, 0.25) is 5.02 Å². The second-order valence-electron chi connectivity index (χ2n) is 5.81. The standard InChI is InChI=1S/C17H18ClN3O2S/c18-14-5-3-12(4-6-14)10-15(22)21-8-1-2-13(11-21)16(23)20-17-19-7-9-24-17/h3-7,9,13H,1-2,8,10-11H2,(H,19,20,23). The first-order valence-electron chi connectivity index (χ1n) is 7.84. The van der Waals surface area contributed by atoms with Gasteiger partial charge in [-0.1, -0.05) is 23.7 Å². The second kappa shape index (κ2) is 7.77. The van der Waals surface area contributed by atoms with Crippen molar-refractivity contribution in [1.29, 1.82) is 0 Å². The average Bonchev–Trinajstić information content (AvgIpc) is 3.10.